The Morgan fingerprint density at radius 1 is 1.14 bits per heavy atom. The number of benzene rings is 1. The van der Waals surface area contributed by atoms with Gasteiger partial charge >= 0.3 is 29.6 Å². The van der Waals surface area contributed by atoms with Crippen LogP contribution in [0.3, 0.4) is 0 Å². The molecule has 1 aromatic rings. The van der Waals surface area contributed by atoms with Gasteiger partial charge in [0.05, 0.1) is 6.26 Å². The van der Waals surface area contributed by atoms with Crippen LogP contribution in [0.15, 0.2) is 41.5 Å². The van der Waals surface area contributed by atoms with E-state index in [-0.39, 0.29) is 40.2 Å². The van der Waals surface area contributed by atoms with Crippen molar-refractivity contribution in [1.29, 1.82) is 0 Å². The summed E-state index contributed by atoms with van der Waals surface area (Å²) in [6.07, 6.45) is 10.3. The molecular formula is C15H23NaO4S. The van der Waals surface area contributed by atoms with Crippen LogP contribution in [0, 0.1) is 0 Å². The summed E-state index contributed by atoms with van der Waals surface area (Å²) in [7, 11) is -4.25. The van der Waals surface area contributed by atoms with Crippen LogP contribution in [0.5, 0.6) is 5.75 Å². The van der Waals surface area contributed by atoms with Crippen molar-refractivity contribution in [2.75, 3.05) is 0 Å². The molecule has 0 atom stereocenters. The van der Waals surface area contributed by atoms with Gasteiger partial charge < -0.3 is 4.74 Å². The quantitative estimate of drug-likeness (QED) is 0.327. The molecule has 1 aromatic carbocycles. The number of hydrogen-bond donors (Lipinski definition) is 1. The zero-order valence-corrected chi connectivity index (χ0v) is 12.6. The molecule has 1 N–H and O–H groups in total. The second-order valence-corrected chi connectivity index (χ2v) is 6.00. The molecule has 114 valence electrons. The van der Waals surface area contributed by atoms with E-state index in [0.717, 1.165) is 12.8 Å². The van der Waals surface area contributed by atoms with Gasteiger partial charge in [0.2, 0.25) is 0 Å². The average molecular weight is 322 g/mol. The van der Waals surface area contributed by atoms with Crippen LogP contribution in [-0.2, 0) is 10.1 Å². The topological polar surface area (TPSA) is 63.6 Å². The molecule has 0 aliphatic rings. The van der Waals surface area contributed by atoms with Crippen molar-refractivity contribution in [2.45, 2.75) is 50.3 Å². The summed E-state index contributed by atoms with van der Waals surface area (Å²) >= 11 is 0. The fourth-order valence-corrected chi connectivity index (χ4v) is 2.44. The van der Waals surface area contributed by atoms with E-state index >= 15 is 0 Å². The number of para-hydroxylation sites is 1. The Hall–Kier alpha value is -0.330. The van der Waals surface area contributed by atoms with Gasteiger partial charge in [0, 0.05) is 0 Å². The predicted molar refractivity (Wildman–Crippen MR) is 86.5 cm³/mol. The van der Waals surface area contributed by atoms with Crippen LogP contribution in [0.1, 0.15) is 45.4 Å². The Balaban J connectivity index is 0.00000400. The van der Waals surface area contributed by atoms with Gasteiger partial charge in [-0.1, -0.05) is 44.7 Å². The summed E-state index contributed by atoms with van der Waals surface area (Å²) in [4.78, 5) is -0.215. The number of rotatable bonds is 9. The summed E-state index contributed by atoms with van der Waals surface area (Å²) in [5, 5.41) is 0. The molecule has 0 radical (unpaired) electrons. The molecular weight excluding hydrogens is 299 g/mol. The zero-order chi connectivity index (χ0) is 14.8. The van der Waals surface area contributed by atoms with Gasteiger partial charge in [-0.05, 0) is 31.1 Å². The summed E-state index contributed by atoms with van der Waals surface area (Å²) < 4.78 is 36.6. The van der Waals surface area contributed by atoms with Gasteiger partial charge in [0.15, 0.2) is 0 Å². The first kappa shape index (κ1) is 20.7. The molecule has 6 heteroatoms. The fraction of sp³-hybridized carbons (Fsp3) is 0.467. The van der Waals surface area contributed by atoms with Crippen molar-refractivity contribution in [3.05, 3.63) is 36.6 Å². The van der Waals surface area contributed by atoms with Gasteiger partial charge in [-0.3, -0.25) is 4.55 Å². The van der Waals surface area contributed by atoms with Gasteiger partial charge in [-0.25, -0.2) is 0 Å². The molecule has 1 rings (SSSR count). The Kier molecular flexibility index (Phi) is 11.1. The van der Waals surface area contributed by atoms with Crippen molar-refractivity contribution in [1.82, 2.24) is 0 Å². The molecule has 21 heavy (non-hydrogen) atoms. The molecule has 0 saturated heterocycles. The first-order valence-corrected chi connectivity index (χ1v) is 8.38. The SMILES string of the molecule is CCCCCCCC=COc1ccccc1S(=O)(=O)O.[NaH]. The van der Waals surface area contributed by atoms with E-state index in [2.05, 4.69) is 6.92 Å². The second kappa shape index (κ2) is 11.3. The minimum atomic E-state index is -4.25. The average Bonchev–Trinajstić information content (AvgIpc) is 2.41. The van der Waals surface area contributed by atoms with Crippen molar-refractivity contribution in [2.24, 2.45) is 0 Å². The molecule has 0 aliphatic carbocycles. The standard InChI is InChI=1S/C15H22O4S.Na.H/c1-2-3-4-5-6-7-10-13-19-14-11-8-9-12-15(14)20(16,17)18;;/h8-13H,2-7H2,1H3,(H,16,17,18);;. The van der Waals surface area contributed by atoms with Crippen molar-refractivity contribution < 1.29 is 17.7 Å². The Morgan fingerprint density at radius 3 is 2.48 bits per heavy atom. The number of allylic oxidation sites excluding steroid dienone is 1. The van der Waals surface area contributed by atoms with E-state index in [1.165, 1.54) is 50.1 Å². The monoisotopic (exact) mass is 322 g/mol. The third kappa shape index (κ3) is 8.63. The van der Waals surface area contributed by atoms with E-state index in [1.807, 2.05) is 6.08 Å². The third-order valence-corrected chi connectivity index (χ3v) is 3.79. The van der Waals surface area contributed by atoms with E-state index in [1.54, 1.807) is 6.07 Å². The molecule has 0 spiro atoms. The van der Waals surface area contributed by atoms with Crippen molar-refractivity contribution in [3.63, 3.8) is 0 Å². The Bertz CT molecular complexity index is 526. The van der Waals surface area contributed by atoms with E-state index < -0.39 is 10.1 Å². The van der Waals surface area contributed by atoms with Gasteiger partial charge in [0.1, 0.15) is 10.6 Å². The summed E-state index contributed by atoms with van der Waals surface area (Å²) in [5.41, 5.74) is 0. The molecule has 0 unspecified atom stereocenters. The minimum absolute atomic E-state index is 0. The molecule has 0 heterocycles. The van der Waals surface area contributed by atoms with Crippen molar-refractivity contribution in [3.8, 4) is 5.75 Å². The first-order chi connectivity index (χ1) is 9.55. The van der Waals surface area contributed by atoms with Crippen LogP contribution >= 0.6 is 0 Å². The molecule has 4 nitrogen and oxygen atoms in total. The fourth-order valence-electron chi connectivity index (χ4n) is 1.82. The summed E-state index contributed by atoms with van der Waals surface area (Å²) in [5.74, 6) is 0.136. The van der Waals surface area contributed by atoms with Crippen LogP contribution < -0.4 is 4.74 Å². The van der Waals surface area contributed by atoms with E-state index in [4.69, 9.17) is 9.29 Å². The molecule has 0 aliphatic heterocycles. The normalized spacial score (nSPS) is 11.3. The molecule has 0 saturated carbocycles. The van der Waals surface area contributed by atoms with E-state index in [9.17, 15) is 8.42 Å². The van der Waals surface area contributed by atoms with Crippen LogP contribution in [0.25, 0.3) is 0 Å². The maximum atomic E-state index is 11.1. The predicted octanol–water partition coefficient (Wildman–Crippen LogP) is 3.54. The summed E-state index contributed by atoms with van der Waals surface area (Å²) in [6, 6.07) is 6.01. The number of unbranched alkanes of at least 4 members (excludes halogenated alkanes) is 5. The third-order valence-electron chi connectivity index (χ3n) is 2.89. The molecule has 0 amide bonds. The maximum absolute atomic E-state index is 11.1. The van der Waals surface area contributed by atoms with Crippen LogP contribution in [0.2, 0.25) is 0 Å². The summed E-state index contributed by atoms with van der Waals surface area (Å²) in [6.45, 7) is 2.18. The Labute approximate surface area is 149 Å². The molecule has 0 bridgehead atoms. The van der Waals surface area contributed by atoms with Crippen molar-refractivity contribution >= 4 is 39.7 Å². The van der Waals surface area contributed by atoms with Gasteiger partial charge in [-0.15, -0.1) is 0 Å². The Morgan fingerprint density at radius 2 is 1.81 bits per heavy atom. The number of hydrogen-bond acceptors (Lipinski definition) is 3. The van der Waals surface area contributed by atoms with E-state index in [0.29, 0.717) is 0 Å². The molecule has 0 aromatic heterocycles. The first-order valence-electron chi connectivity index (χ1n) is 6.94. The van der Waals surface area contributed by atoms with Crippen LogP contribution in [0.4, 0.5) is 0 Å². The van der Waals surface area contributed by atoms with Gasteiger partial charge in [0.25, 0.3) is 10.1 Å². The zero-order valence-electron chi connectivity index (χ0n) is 11.8. The number of ether oxygens (including phenoxy) is 1. The second-order valence-electron chi connectivity index (χ2n) is 4.61. The van der Waals surface area contributed by atoms with Crippen LogP contribution in [-0.4, -0.2) is 42.5 Å². The van der Waals surface area contributed by atoms with Gasteiger partial charge in [-0.2, -0.15) is 8.42 Å². The molecule has 0 fully saturated rings.